The zero-order valence-corrected chi connectivity index (χ0v) is 17.7. The van der Waals surface area contributed by atoms with E-state index in [1.165, 1.54) is 11.3 Å². The minimum atomic E-state index is -0.0213. The summed E-state index contributed by atoms with van der Waals surface area (Å²) in [5.74, 6) is -0.0213. The van der Waals surface area contributed by atoms with Crippen LogP contribution in [0.5, 0.6) is 0 Å². The summed E-state index contributed by atoms with van der Waals surface area (Å²) in [6.45, 7) is 0.526. The fourth-order valence-corrected chi connectivity index (χ4v) is 4.52. The van der Waals surface area contributed by atoms with Crippen molar-refractivity contribution in [2.45, 2.75) is 13.0 Å². The number of amides is 1. The highest BCUT2D eigenvalue weighted by atomic mass is 32.1. The van der Waals surface area contributed by atoms with Gasteiger partial charge in [-0.1, -0.05) is 78.9 Å². The molecule has 0 saturated heterocycles. The molecule has 2 heterocycles. The Balaban J connectivity index is 1.41. The molecule has 1 amide bonds. The number of aromatic amines is 1. The van der Waals surface area contributed by atoms with Crippen LogP contribution in [-0.4, -0.2) is 15.9 Å². The Labute approximate surface area is 184 Å². The molecule has 4 nitrogen and oxygen atoms in total. The van der Waals surface area contributed by atoms with Gasteiger partial charge in [-0.25, -0.2) is 4.98 Å². The fraction of sp³-hybridized carbons (Fsp3) is 0.0769. The quantitative estimate of drug-likeness (QED) is 0.362. The van der Waals surface area contributed by atoms with Gasteiger partial charge in [-0.3, -0.25) is 4.79 Å². The van der Waals surface area contributed by atoms with Crippen LogP contribution >= 0.6 is 11.3 Å². The minimum absolute atomic E-state index is 0.0213. The average Bonchev–Trinajstić information content (AvgIpc) is 3.43. The Kier molecular flexibility index (Phi) is 5.33. The predicted octanol–water partition coefficient (Wildman–Crippen LogP) is 5.82. The van der Waals surface area contributed by atoms with Crippen LogP contribution in [0.2, 0.25) is 0 Å². The number of fused-ring (bicyclic) bond motifs is 1. The molecule has 0 aliphatic carbocycles. The molecule has 5 aromatic rings. The molecule has 0 unspecified atom stereocenters. The van der Waals surface area contributed by atoms with Crippen molar-refractivity contribution < 1.29 is 4.79 Å². The second kappa shape index (κ2) is 8.58. The number of aromatic nitrogens is 2. The summed E-state index contributed by atoms with van der Waals surface area (Å²) in [5.41, 5.74) is 6.30. The van der Waals surface area contributed by atoms with Crippen molar-refractivity contribution in [1.29, 1.82) is 0 Å². The van der Waals surface area contributed by atoms with Gasteiger partial charge in [0.25, 0.3) is 0 Å². The Bertz CT molecular complexity index is 1320. The first-order chi connectivity index (χ1) is 15.3. The number of carbonyl (C=O) groups is 1. The molecule has 0 radical (unpaired) electrons. The maximum atomic E-state index is 12.4. The lowest BCUT2D eigenvalue weighted by molar-refractivity contribution is -0.120. The fourth-order valence-electron chi connectivity index (χ4n) is 3.73. The molecule has 0 saturated carbocycles. The van der Waals surface area contributed by atoms with Gasteiger partial charge in [0.2, 0.25) is 5.91 Å². The maximum Gasteiger partial charge on any atom is 0.227 e. The van der Waals surface area contributed by atoms with Gasteiger partial charge in [-0.05, 0) is 17.2 Å². The molecule has 5 rings (SSSR count). The van der Waals surface area contributed by atoms with Crippen LogP contribution in [-0.2, 0) is 17.8 Å². The number of nitrogens with one attached hydrogen (secondary N) is 2. The molecule has 0 fully saturated rings. The summed E-state index contributed by atoms with van der Waals surface area (Å²) < 4.78 is 0. The number of thiazole rings is 1. The lowest BCUT2D eigenvalue weighted by Gasteiger charge is -2.04. The van der Waals surface area contributed by atoms with E-state index in [0.29, 0.717) is 6.54 Å². The van der Waals surface area contributed by atoms with E-state index >= 15 is 0 Å². The van der Waals surface area contributed by atoms with Gasteiger partial charge in [0.1, 0.15) is 5.01 Å². The first kappa shape index (κ1) is 19.3. The zero-order valence-electron chi connectivity index (χ0n) is 16.8. The van der Waals surface area contributed by atoms with E-state index in [9.17, 15) is 4.79 Å². The average molecular weight is 424 g/mol. The summed E-state index contributed by atoms with van der Waals surface area (Å²) in [7, 11) is 0. The van der Waals surface area contributed by atoms with Gasteiger partial charge in [-0.15, -0.1) is 11.3 Å². The van der Waals surface area contributed by atoms with Crippen molar-refractivity contribution in [1.82, 2.24) is 15.3 Å². The van der Waals surface area contributed by atoms with Gasteiger partial charge in [0, 0.05) is 28.4 Å². The van der Waals surface area contributed by atoms with E-state index in [2.05, 4.69) is 34.6 Å². The van der Waals surface area contributed by atoms with Gasteiger partial charge in [-0.2, -0.15) is 0 Å². The van der Waals surface area contributed by atoms with Crippen LogP contribution in [0.1, 0.15) is 10.6 Å². The molecule has 3 aromatic carbocycles. The second-order valence-corrected chi connectivity index (χ2v) is 8.29. The summed E-state index contributed by atoms with van der Waals surface area (Å²) >= 11 is 1.52. The van der Waals surface area contributed by atoms with Crippen LogP contribution in [0.3, 0.4) is 0 Å². The number of rotatable bonds is 6. The van der Waals surface area contributed by atoms with E-state index in [1.54, 1.807) is 0 Å². The Morgan fingerprint density at radius 3 is 2.42 bits per heavy atom. The van der Waals surface area contributed by atoms with E-state index in [1.807, 2.05) is 66.0 Å². The third-order valence-corrected chi connectivity index (χ3v) is 6.07. The van der Waals surface area contributed by atoms with Crippen LogP contribution in [0.4, 0.5) is 0 Å². The number of carbonyl (C=O) groups excluding carboxylic acids is 1. The predicted molar refractivity (Wildman–Crippen MR) is 127 cm³/mol. The van der Waals surface area contributed by atoms with Crippen molar-refractivity contribution >= 4 is 28.1 Å². The van der Waals surface area contributed by atoms with E-state index in [4.69, 9.17) is 4.98 Å². The number of hydrogen-bond donors (Lipinski definition) is 2. The van der Waals surface area contributed by atoms with E-state index in [-0.39, 0.29) is 12.3 Å². The molecule has 31 heavy (non-hydrogen) atoms. The highest BCUT2D eigenvalue weighted by Gasteiger charge is 2.18. The first-order valence-corrected chi connectivity index (χ1v) is 11.1. The van der Waals surface area contributed by atoms with Crippen molar-refractivity contribution in [3.05, 3.63) is 101 Å². The summed E-state index contributed by atoms with van der Waals surface area (Å²) in [6, 6.07) is 28.5. The molecule has 2 N–H and O–H groups in total. The standard InChI is InChI=1S/C26H21N3OS/c30-23(27-16-18-9-3-1-4-10-18)15-24-28-22(17-31-24)25-20-13-7-8-14-21(20)29-26(25)19-11-5-2-6-12-19/h1-14,17,29H,15-16H2,(H,27,30). The van der Waals surface area contributed by atoms with Crippen molar-refractivity contribution in [2.75, 3.05) is 0 Å². The monoisotopic (exact) mass is 423 g/mol. The van der Waals surface area contributed by atoms with Gasteiger partial charge in [0.15, 0.2) is 0 Å². The molecule has 0 atom stereocenters. The largest absolute Gasteiger partial charge is 0.354 e. The number of H-pyrrole nitrogens is 1. The highest BCUT2D eigenvalue weighted by molar-refractivity contribution is 7.10. The topological polar surface area (TPSA) is 57.8 Å². The van der Waals surface area contributed by atoms with Gasteiger partial charge >= 0.3 is 0 Å². The molecule has 0 aliphatic heterocycles. The van der Waals surface area contributed by atoms with Crippen molar-refractivity contribution in [3.8, 4) is 22.5 Å². The Morgan fingerprint density at radius 1 is 0.903 bits per heavy atom. The second-order valence-electron chi connectivity index (χ2n) is 7.35. The zero-order chi connectivity index (χ0) is 21.0. The van der Waals surface area contributed by atoms with Crippen LogP contribution in [0.15, 0.2) is 90.3 Å². The van der Waals surface area contributed by atoms with Crippen molar-refractivity contribution in [3.63, 3.8) is 0 Å². The molecule has 2 aromatic heterocycles. The lowest BCUT2D eigenvalue weighted by Crippen LogP contribution is -2.24. The molecule has 0 aliphatic rings. The van der Waals surface area contributed by atoms with Crippen LogP contribution < -0.4 is 5.32 Å². The maximum absolute atomic E-state index is 12.4. The first-order valence-electron chi connectivity index (χ1n) is 10.2. The minimum Gasteiger partial charge on any atom is -0.354 e. The number of para-hydroxylation sites is 1. The Morgan fingerprint density at radius 2 is 1.61 bits per heavy atom. The van der Waals surface area contributed by atoms with E-state index in [0.717, 1.165) is 44.0 Å². The Hall–Kier alpha value is -3.70. The summed E-state index contributed by atoms with van der Waals surface area (Å²) in [6.07, 6.45) is 0.278. The molecule has 0 spiro atoms. The molecule has 0 bridgehead atoms. The van der Waals surface area contributed by atoms with Crippen LogP contribution in [0.25, 0.3) is 33.4 Å². The number of nitrogens with zero attached hydrogens (tertiary/aromatic N) is 1. The SMILES string of the molecule is O=C(Cc1nc(-c2c(-c3ccccc3)[nH]c3ccccc23)cs1)NCc1ccccc1. The lowest BCUT2D eigenvalue weighted by atomic mass is 10.0. The summed E-state index contributed by atoms with van der Waals surface area (Å²) in [4.78, 5) is 20.8. The molecule has 5 heteroatoms. The summed E-state index contributed by atoms with van der Waals surface area (Å²) in [5, 5.41) is 6.96. The van der Waals surface area contributed by atoms with Gasteiger partial charge < -0.3 is 10.3 Å². The third-order valence-electron chi connectivity index (χ3n) is 5.22. The van der Waals surface area contributed by atoms with Crippen molar-refractivity contribution in [2.24, 2.45) is 0 Å². The molecular formula is C26H21N3OS. The highest BCUT2D eigenvalue weighted by Crippen LogP contribution is 2.38. The number of benzene rings is 3. The van der Waals surface area contributed by atoms with Gasteiger partial charge in [0.05, 0.1) is 17.8 Å². The number of hydrogen-bond acceptors (Lipinski definition) is 3. The smallest absolute Gasteiger partial charge is 0.227 e. The molecule has 152 valence electrons. The van der Waals surface area contributed by atoms with E-state index < -0.39 is 0 Å². The third kappa shape index (κ3) is 4.13. The molecular weight excluding hydrogens is 402 g/mol. The normalized spacial score (nSPS) is 11.0. The van der Waals surface area contributed by atoms with Crippen LogP contribution in [0, 0.1) is 0 Å².